The normalized spacial score (nSPS) is 11.9. The van der Waals surface area contributed by atoms with Crippen LogP contribution in [0, 0.1) is 10.1 Å². The number of methoxy groups -OCH3 is 1. The molecule has 0 saturated carbocycles. The van der Waals surface area contributed by atoms with Gasteiger partial charge in [0.15, 0.2) is 0 Å². The molecule has 0 aliphatic rings. The Bertz CT molecular complexity index is 406. The van der Waals surface area contributed by atoms with E-state index in [0.29, 0.717) is 11.4 Å². The van der Waals surface area contributed by atoms with Crippen molar-refractivity contribution in [3.63, 3.8) is 0 Å². The van der Waals surface area contributed by atoms with Gasteiger partial charge in [0.05, 0.1) is 17.7 Å². The Hall–Kier alpha value is -2.02. The first-order valence-electron chi connectivity index (χ1n) is 4.52. The summed E-state index contributed by atoms with van der Waals surface area (Å²) in [6.45, 7) is 1.49. The number of nitrogen functional groups attached to an aromatic ring is 1. The summed E-state index contributed by atoms with van der Waals surface area (Å²) >= 11 is 0. The fraction of sp³-hybridized carbons (Fsp3) is 0.333. The van der Waals surface area contributed by atoms with Crippen LogP contribution >= 0.6 is 0 Å². The molecule has 16 heavy (non-hydrogen) atoms. The first kappa shape index (κ1) is 12.1. The molecule has 1 rings (SSSR count). The van der Waals surface area contributed by atoms with Crippen LogP contribution in [0.4, 0.5) is 17.1 Å². The van der Waals surface area contributed by atoms with Crippen LogP contribution in [-0.4, -0.2) is 23.4 Å². The fourth-order valence-corrected chi connectivity index (χ4v) is 1.25. The summed E-state index contributed by atoms with van der Waals surface area (Å²) < 4.78 is 4.99. The molecule has 0 saturated heterocycles. The summed E-state index contributed by atoms with van der Waals surface area (Å²) in [5.41, 5.74) is 5.58. The Kier molecular flexibility index (Phi) is 3.51. The zero-order valence-corrected chi connectivity index (χ0v) is 8.93. The molecule has 88 valence electrons. The van der Waals surface area contributed by atoms with Gasteiger partial charge in [-0.25, -0.2) is 0 Å². The lowest BCUT2D eigenvalue weighted by atomic mass is 10.2. The summed E-state index contributed by atoms with van der Waals surface area (Å²) in [4.78, 5) is 10.1. The van der Waals surface area contributed by atoms with Crippen LogP contribution in [0.3, 0.4) is 0 Å². The molecular weight excluding hydrogens is 214 g/mol. The molecule has 0 spiro atoms. The number of anilines is 2. The van der Waals surface area contributed by atoms with E-state index in [2.05, 4.69) is 5.32 Å². The predicted molar refractivity (Wildman–Crippen MR) is 59.4 cm³/mol. The average molecular weight is 227 g/mol. The standard InChI is InChI=1S/C9H13N3O4/c1-5(13)11-7-4-8(12(14)15)6(10)3-9(7)16-2/h3-5,11,13H,10H2,1-2H3. The van der Waals surface area contributed by atoms with Gasteiger partial charge >= 0.3 is 0 Å². The molecule has 1 atom stereocenters. The van der Waals surface area contributed by atoms with E-state index in [0.717, 1.165) is 0 Å². The third kappa shape index (κ3) is 2.51. The summed E-state index contributed by atoms with van der Waals surface area (Å²) in [6, 6.07) is 2.56. The third-order valence-corrected chi connectivity index (χ3v) is 1.91. The third-order valence-electron chi connectivity index (χ3n) is 1.91. The Balaban J connectivity index is 3.23. The van der Waals surface area contributed by atoms with Crippen LogP contribution < -0.4 is 15.8 Å². The van der Waals surface area contributed by atoms with Gasteiger partial charge in [-0.3, -0.25) is 10.1 Å². The molecular formula is C9H13N3O4. The largest absolute Gasteiger partial charge is 0.495 e. The molecule has 0 amide bonds. The van der Waals surface area contributed by atoms with Gasteiger partial charge in [0.25, 0.3) is 5.69 Å². The second-order valence-electron chi connectivity index (χ2n) is 3.19. The van der Waals surface area contributed by atoms with Gasteiger partial charge < -0.3 is 20.9 Å². The van der Waals surface area contributed by atoms with Crippen molar-refractivity contribution in [1.29, 1.82) is 0 Å². The zero-order chi connectivity index (χ0) is 12.3. The quantitative estimate of drug-likeness (QED) is 0.305. The maximum atomic E-state index is 10.7. The lowest BCUT2D eigenvalue weighted by Crippen LogP contribution is -2.14. The van der Waals surface area contributed by atoms with Gasteiger partial charge in [0, 0.05) is 12.1 Å². The van der Waals surface area contributed by atoms with Crippen LogP contribution in [0.15, 0.2) is 12.1 Å². The number of benzene rings is 1. The van der Waals surface area contributed by atoms with Crippen molar-refractivity contribution < 1.29 is 14.8 Å². The van der Waals surface area contributed by atoms with E-state index in [1.807, 2.05) is 0 Å². The smallest absolute Gasteiger partial charge is 0.294 e. The van der Waals surface area contributed by atoms with E-state index < -0.39 is 11.2 Å². The van der Waals surface area contributed by atoms with Crippen molar-refractivity contribution in [3.05, 3.63) is 22.2 Å². The molecule has 4 N–H and O–H groups in total. The summed E-state index contributed by atoms with van der Waals surface area (Å²) in [5.74, 6) is 0.337. The van der Waals surface area contributed by atoms with Crippen molar-refractivity contribution in [1.82, 2.24) is 0 Å². The van der Waals surface area contributed by atoms with Crippen molar-refractivity contribution in [2.24, 2.45) is 0 Å². The number of rotatable bonds is 4. The zero-order valence-electron chi connectivity index (χ0n) is 8.93. The van der Waals surface area contributed by atoms with Crippen molar-refractivity contribution in [3.8, 4) is 5.75 Å². The van der Waals surface area contributed by atoms with Crippen molar-refractivity contribution in [2.75, 3.05) is 18.2 Å². The van der Waals surface area contributed by atoms with Gasteiger partial charge in [0.1, 0.15) is 17.7 Å². The molecule has 0 aromatic heterocycles. The highest BCUT2D eigenvalue weighted by Crippen LogP contribution is 2.34. The fourth-order valence-electron chi connectivity index (χ4n) is 1.25. The van der Waals surface area contributed by atoms with Gasteiger partial charge in [0.2, 0.25) is 0 Å². The van der Waals surface area contributed by atoms with Crippen LogP contribution in [0.25, 0.3) is 0 Å². The number of nitrogens with zero attached hydrogens (tertiary/aromatic N) is 1. The number of hydrogen-bond acceptors (Lipinski definition) is 6. The summed E-state index contributed by atoms with van der Waals surface area (Å²) in [6.07, 6.45) is -0.850. The maximum absolute atomic E-state index is 10.7. The van der Waals surface area contributed by atoms with E-state index in [-0.39, 0.29) is 11.4 Å². The number of nitrogens with one attached hydrogen (secondary N) is 1. The highest BCUT2D eigenvalue weighted by Gasteiger charge is 2.17. The van der Waals surface area contributed by atoms with E-state index in [4.69, 9.17) is 15.6 Å². The number of hydrogen-bond donors (Lipinski definition) is 3. The van der Waals surface area contributed by atoms with E-state index in [1.54, 1.807) is 0 Å². The number of nitrogens with two attached hydrogens (primary N) is 1. The van der Waals surface area contributed by atoms with Gasteiger partial charge in [-0.05, 0) is 6.92 Å². The topological polar surface area (TPSA) is 111 Å². The van der Waals surface area contributed by atoms with Gasteiger partial charge in [-0.15, -0.1) is 0 Å². The second-order valence-corrected chi connectivity index (χ2v) is 3.19. The number of nitro groups is 1. The van der Waals surface area contributed by atoms with Crippen LogP contribution in [0.5, 0.6) is 5.75 Å². The summed E-state index contributed by atoms with van der Waals surface area (Å²) in [5, 5.41) is 22.4. The molecule has 0 bridgehead atoms. The Labute approximate surface area is 92.0 Å². The number of aliphatic hydroxyl groups is 1. The second kappa shape index (κ2) is 4.67. The average Bonchev–Trinajstić information content (AvgIpc) is 2.18. The predicted octanol–water partition coefficient (Wildman–Crippen LogP) is 0.936. The SMILES string of the molecule is COc1cc(N)c([N+](=O)[O-])cc1NC(C)O. The van der Waals surface area contributed by atoms with Crippen LogP contribution in [-0.2, 0) is 0 Å². The van der Waals surface area contributed by atoms with Crippen LogP contribution in [0.2, 0.25) is 0 Å². The number of nitro benzene ring substituents is 1. The molecule has 1 aromatic carbocycles. The molecule has 0 aliphatic heterocycles. The van der Waals surface area contributed by atoms with Crippen molar-refractivity contribution in [2.45, 2.75) is 13.2 Å². The highest BCUT2D eigenvalue weighted by molar-refractivity contribution is 5.72. The lowest BCUT2D eigenvalue weighted by molar-refractivity contribution is -0.383. The van der Waals surface area contributed by atoms with Crippen molar-refractivity contribution >= 4 is 17.1 Å². The highest BCUT2D eigenvalue weighted by atomic mass is 16.6. The molecule has 1 aromatic rings. The minimum Gasteiger partial charge on any atom is -0.495 e. The molecule has 7 nitrogen and oxygen atoms in total. The molecule has 0 radical (unpaired) electrons. The van der Waals surface area contributed by atoms with E-state index in [9.17, 15) is 10.1 Å². The molecule has 0 fully saturated rings. The van der Waals surface area contributed by atoms with Crippen LogP contribution in [0.1, 0.15) is 6.92 Å². The first-order valence-corrected chi connectivity index (χ1v) is 4.52. The minimum absolute atomic E-state index is 0.0120. The van der Waals surface area contributed by atoms with Gasteiger partial charge in [-0.1, -0.05) is 0 Å². The summed E-state index contributed by atoms with van der Waals surface area (Å²) in [7, 11) is 1.41. The number of aliphatic hydroxyl groups excluding tert-OH is 1. The lowest BCUT2D eigenvalue weighted by Gasteiger charge is -2.13. The maximum Gasteiger partial charge on any atom is 0.294 e. The van der Waals surface area contributed by atoms with E-state index >= 15 is 0 Å². The number of ether oxygens (including phenoxy) is 1. The van der Waals surface area contributed by atoms with Gasteiger partial charge in [-0.2, -0.15) is 0 Å². The Morgan fingerprint density at radius 1 is 1.62 bits per heavy atom. The molecule has 0 aliphatic carbocycles. The first-order chi connectivity index (χ1) is 7.45. The minimum atomic E-state index is -0.850. The molecule has 7 heteroatoms. The van der Waals surface area contributed by atoms with E-state index in [1.165, 1.54) is 26.2 Å². The monoisotopic (exact) mass is 227 g/mol. The Morgan fingerprint density at radius 2 is 2.25 bits per heavy atom. The molecule has 1 unspecified atom stereocenters. The molecule has 0 heterocycles. The Morgan fingerprint density at radius 3 is 2.69 bits per heavy atom.